The first-order valence-electron chi connectivity index (χ1n) is 6.84. The summed E-state index contributed by atoms with van der Waals surface area (Å²) < 4.78 is 4.61. The van der Waals surface area contributed by atoms with Crippen molar-refractivity contribution >= 4 is 22.8 Å². The summed E-state index contributed by atoms with van der Waals surface area (Å²) in [4.78, 5) is 27.8. The van der Waals surface area contributed by atoms with E-state index in [-0.39, 0.29) is 12.3 Å². The van der Waals surface area contributed by atoms with Crippen molar-refractivity contribution in [2.45, 2.75) is 12.5 Å². The highest BCUT2D eigenvalue weighted by Gasteiger charge is 2.21. The second-order valence-electron chi connectivity index (χ2n) is 4.92. The van der Waals surface area contributed by atoms with Crippen LogP contribution < -0.4 is 11.1 Å². The van der Waals surface area contributed by atoms with Gasteiger partial charge in [0.15, 0.2) is 6.04 Å². The molecule has 0 bridgehead atoms. The van der Waals surface area contributed by atoms with Crippen LogP contribution in [0.1, 0.15) is 17.3 Å². The van der Waals surface area contributed by atoms with Gasteiger partial charge in [0, 0.05) is 6.20 Å². The third-order valence-electron chi connectivity index (χ3n) is 3.26. The predicted molar refractivity (Wildman–Crippen MR) is 79.8 cm³/mol. The Kier molecular flexibility index (Phi) is 3.96. The number of primary amides is 1. The summed E-state index contributed by atoms with van der Waals surface area (Å²) in [5.41, 5.74) is 7.63. The summed E-state index contributed by atoms with van der Waals surface area (Å²) in [6.07, 6.45) is 1.60. The highest BCUT2D eigenvalue weighted by atomic mass is 16.6. The molecule has 8 nitrogen and oxygen atoms in total. The van der Waals surface area contributed by atoms with Crippen molar-refractivity contribution in [3.63, 3.8) is 0 Å². The SMILES string of the molecule is NC(=O)C(NC(=O)Cc1ccc2nonc2c1)c1ccccn1. The summed E-state index contributed by atoms with van der Waals surface area (Å²) in [7, 11) is 0. The summed E-state index contributed by atoms with van der Waals surface area (Å²) in [5, 5.41) is 10.0. The fourth-order valence-electron chi connectivity index (χ4n) is 2.17. The zero-order valence-corrected chi connectivity index (χ0v) is 12.0. The Bertz CT molecular complexity index is 846. The molecule has 0 saturated carbocycles. The van der Waals surface area contributed by atoms with Crippen molar-refractivity contribution < 1.29 is 14.2 Å². The van der Waals surface area contributed by atoms with Crippen molar-refractivity contribution in [1.29, 1.82) is 0 Å². The Hall–Kier alpha value is -3.29. The number of fused-ring (bicyclic) bond motifs is 1. The van der Waals surface area contributed by atoms with Gasteiger partial charge < -0.3 is 11.1 Å². The molecule has 1 aromatic carbocycles. The van der Waals surface area contributed by atoms with Gasteiger partial charge in [-0.2, -0.15) is 0 Å². The molecule has 3 N–H and O–H groups in total. The average molecular weight is 311 g/mol. The Morgan fingerprint density at radius 2 is 2.00 bits per heavy atom. The van der Waals surface area contributed by atoms with E-state index in [4.69, 9.17) is 5.73 Å². The maximum Gasteiger partial charge on any atom is 0.246 e. The first kappa shape index (κ1) is 14.6. The fraction of sp³-hybridized carbons (Fsp3) is 0.133. The number of nitrogens with one attached hydrogen (secondary N) is 1. The maximum atomic E-state index is 12.2. The minimum absolute atomic E-state index is 0.0689. The molecule has 0 aliphatic heterocycles. The third-order valence-corrected chi connectivity index (χ3v) is 3.26. The Labute approximate surface area is 130 Å². The number of carbonyl (C=O) groups excluding carboxylic acids is 2. The van der Waals surface area contributed by atoms with E-state index in [1.54, 1.807) is 36.4 Å². The standard InChI is InChI=1S/C15H13N5O3/c16-15(22)14(11-3-1-2-6-17-11)18-13(21)8-9-4-5-10-12(7-9)20-23-19-10/h1-7,14H,8H2,(H2,16,22)(H,18,21). The van der Waals surface area contributed by atoms with Gasteiger partial charge in [0.25, 0.3) is 0 Å². The highest BCUT2D eigenvalue weighted by Crippen LogP contribution is 2.13. The Morgan fingerprint density at radius 3 is 2.74 bits per heavy atom. The summed E-state index contributed by atoms with van der Waals surface area (Å²) in [6.45, 7) is 0. The number of benzene rings is 1. The normalized spacial score (nSPS) is 12.0. The zero-order valence-electron chi connectivity index (χ0n) is 12.0. The molecule has 0 radical (unpaired) electrons. The van der Waals surface area contributed by atoms with E-state index in [2.05, 4.69) is 25.2 Å². The van der Waals surface area contributed by atoms with Crippen molar-refractivity contribution in [3.05, 3.63) is 53.9 Å². The van der Waals surface area contributed by atoms with Gasteiger partial charge >= 0.3 is 0 Å². The first-order valence-corrected chi connectivity index (χ1v) is 6.84. The molecule has 0 saturated heterocycles. The van der Waals surface area contributed by atoms with Crippen LogP contribution in [0.3, 0.4) is 0 Å². The quantitative estimate of drug-likeness (QED) is 0.707. The molecular formula is C15H13N5O3. The largest absolute Gasteiger partial charge is 0.368 e. The van der Waals surface area contributed by atoms with Gasteiger partial charge in [0.1, 0.15) is 11.0 Å². The minimum Gasteiger partial charge on any atom is -0.368 e. The molecule has 3 rings (SSSR count). The van der Waals surface area contributed by atoms with Crippen LogP contribution in [0.2, 0.25) is 0 Å². The van der Waals surface area contributed by atoms with Crippen LogP contribution in [-0.4, -0.2) is 27.1 Å². The van der Waals surface area contributed by atoms with E-state index in [0.717, 1.165) is 5.56 Å². The summed E-state index contributed by atoms with van der Waals surface area (Å²) in [5.74, 6) is -1.02. The second kappa shape index (κ2) is 6.22. The van der Waals surface area contributed by atoms with Crippen molar-refractivity contribution in [2.24, 2.45) is 5.73 Å². The van der Waals surface area contributed by atoms with E-state index in [9.17, 15) is 9.59 Å². The van der Waals surface area contributed by atoms with Gasteiger partial charge in [0.05, 0.1) is 12.1 Å². The van der Waals surface area contributed by atoms with E-state index >= 15 is 0 Å². The fourth-order valence-corrected chi connectivity index (χ4v) is 2.17. The molecule has 2 heterocycles. The molecule has 0 spiro atoms. The van der Waals surface area contributed by atoms with Crippen LogP contribution in [0, 0.1) is 0 Å². The molecule has 2 amide bonds. The van der Waals surface area contributed by atoms with Gasteiger partial charge in [-0.1, -0.05) is 12.1 Å². The molecule has 3 aromatic rings. The number of aromatic nitrogens is 3. The Morgan fingerprint density at radius 1 is 1.17 bits per heavy atom. The number of pyridine rings is 1. The molecule has 0 aliphatic rings. The number of nitrogens with zero attached hydrogens (tertiary/aromatic N) is 3. The van der Waals surface area contributed by atoms with Crippen LogP contribution in [-0.2, 0) is 16.0 Å². The topological polar surface area (TPSA) is 124 Å². The molecule has 23 heavy (non-hydrogen) atoms. The molecule has 0 aliphatic carbocycles. The average Bonchev–Trinajstić information content (AvgIpc) is 3.01. The second-order valence-corrected chi connectivity index (χ2v) is 4.92. The number of nitrogens with two attached hydrogens (primary N) is 1. The molecular weight excluding hydrogens is 298 g/mol. The molecule has 1 unspecified atom stereocenters. The van der Waals surface area contributed by atoms with E-state index in [1.807, 2.05) is 0 Å². The number of carbonyl (C=O) groups is 2. The Balaban J connectivity index is 1.73. The lowest BCUT2D eigenvalue weighted by Gasteiger charge is -2.14. The van der Waals surface area contributed by atoms with Crippen molar-refractivity contribution in [2.75, 3.05) is 0 Å². The van der Waals surface area contributed by atoms with Gasteiger partial charge in [-0.05, 0) is 40.1 Å². The molecule has 1 atom stereocenters. The zero-order chi connectivity index (χ0) is 16.2. The summed E-state index contributed by atoms with van der Waals surface area (Å²) >= 11 is 0. The molecule has 8 heteroatoms. The smallest absolute Gasteiger partial charge is 0.246 e. The van der Waals surface area contributed by atoms with Crippen molar-refractivity contribution in [1.82, 2.24) is 20.6 Å². The highest BCUT2D eigenvalue weighted by molar-refractivity contribution is 5.88. The van der Waals surface area contributed by atoms with E-state index < -0.39 is 11.9 Å². The predicted octanol–water partition coefficient (Wildman–Crippen LogP) is 0.503. The van der Waals surface area contributed by atoms with Crippen LogP contribution in [0.5, 0.6) is 0 Å². The molecule has 2 aromatic heterocycles. The van der Waals surface area contributed by atoms with E-state index in [0.29, 0.717) is 16.7 Å². The number of amides is 2. The van der Waals surface area contributed by atoms with Gasteiger partial charge in [-0.3, -0.25) is 14.6 Å². The number of rotatable bonds is 5. The van der Waals surface area contributed by atoms with Crippen LogP contribution >= 0.6 is 0 Å². The van der Waals surface area contributed by atoms with Crippen molar-refractivity contribution in [3.8, 4) is 0 Å². The molecule has 0 fully saturated rings. The lowest BCUT2D eigenvalue weighted by atomic mass is 10.1. The summed E-state index contributed by atoms with van der Waals surface area (Å²) in [6, 6.07) is 9.24. The van der Waals surface area contributed by atoms with Crippen LogP contribution in [0.4, 0.5) is 0 Å². The minimum atomic E-state index is -0.971. The number of hydrogen-bond donors (Lipinski definition) is 2. The van der Waals surface area contributed by atoms with Gasteiger partial charge in [-0.15, -0.1) is 0 Å². The molecule has 116 valence electrons. The van der Waals surface area contributed by atoms with E-state index in [1.165, 1.54) is 6.20 Å². The monoisotopic (exact) mass is 311 g/mol. The first-order chi connectivity index (χ1) is 11.1. The lowest BCUT2D eigenvalue weighted by molar-refractivity contribution is -0.127. The van der Waals surface area contributed by atoms with Crippen LogP contribution in [0.15, 0.2) is 47.2 Å². The maximum absolute atomic E-state index is 12.2. The number of hydrogen-bond acceptors (Lipinski definition) is 6. The van der Waals surface area contributed by atoms with Crippen LogP contribution in [0.25, 0.3) is 11.0 Å². The van der Waals surface area contributed by atoms with Gasteiger partial charge in [0.2, 0.25) is 11.8 Å². The lowest BCUT2D eigenvalue weighted by Crippen LogP contribution is -2.38. The third kappa shape index (κ3) is 3.31. The van der Waals surface area contributed by atoms with Gasteiger partial charge in [-0.25, -0.2) is 4.63 Å².